The number of carbonyl (C=O) groups is 3. The van der Waals surface area contributed by atoms with Crippen LogP contribution in [0.15, 0.2) is 59.3 Å². The summed E-state index contributed by atoms with van der Waals surface area (Å²) in [4.78, 5) is 40.8. The van der Waals surface area contributed by atoms with Crippen molar-refractivity contribution in [2.45, 2.75) is 19.4 Å². The monoisotopic (exact) mass is 378 g/mol. The van der Waals surface area contributed by atoms with Gasteiger partial charge in [0.1, 0.15) is 23.1 Å². The highest BCUT2D eigenvalue weighted by atomic mass is 16.5. The molecule has 2 amide bonds. The molecule has 8 nitrogen and oxygen atoms in total. The summed E-state index contributed by atoms with van der Waals surface area (Å²) in [6.45, 7) is 1.58. The summed E-state index contributed by atoms with van der Waals surface area (Å²) in [5.41, 5.74) is 6.77. The minimum absolute atomic E-state index is 0.123. The van der Waals surface area contributed by atoms with Crippen LogP contribution in [-0.2, 0) is 16.0 Å². The molecule has 0 fully saturated rings. The molecule has 1 unspecified atom stereocenters. The van der Waals surface area contributed by atoms with Crippen LogP contribution in [0.2, 0.25) is 0 Å². The molecule has 0 aliphatic rings. The van der Waals surface area contributed by atoms with E-state index in [1.807, 2.05) is 6.07 Å². The number of nitrogens with two attached hydrogens (primary N) is 1. The number of ketones is 1. The van der Waals surface area contributed by atoms with Gasteiger partial charge in [-0.05, 0) is 24.6 Å². The van der Waals surface area contributed by atoms with Crippen molar-refractivity contribution in [1.82, 2.24) is 15.5 Å². The predicted molar refractivity (Wildman–Crippen MR) is 100 cm³/mol. The van der Waals surface area contributed by atoms with Crippen molar-refractivity contribution in [3.63, 3.8) is 0 Å². The summed E-state index contributed by atoms with van der Waals surface area (Å²) in [5, 5.41) is 6.49. The van der Waals surface area contributed by atoms with Crippen molar-refractivity contribution in [2.24, 2.45) is 5.73 Å². The number of nitrogens with zero attached hydrogens (tertiary/aromatic N) is 2. The zero-order valence-electron chi connectivity index (χ0n) is 15.1. The van der Waals surface area contributed by atoms with Crippen molar-refractivity contribution in [3.05, 3.63) is 71.6 Å². The molecule has 1 aromatic carbocycles. The first kappa shape index (κ1) is 19.0. The molecule has 3 rings (SSSR count). The van der Waals surface area contributed by atoms with Gasteiger partial charge in [0.25, 0.3) is 11.8 Å². The van der Waals surface area contributed by atoms with Gasteiger partial charge in [-0.1, -0.05) is 41.6 Å². The quantitative estimate of drug-likeness (QED) is 0.599. The average molecular weight is 378 g/mol. The first-order valence-electron chi connectivity index (χ1n) is 8.53. The summed E-state index contributed by atoms with van der Waals surface area (Å²) >= 11 is 0. The first-order chi connectivity index (χ1) is 13.5. The largest absolute Gasteiger partial charge is 0.363 e. The van der Waals surface area contributed by atoms with Crippen molar-refractivity contribution in [2.75, 3.05) is 0 Å². The fourth-order valence-corrected chi connectivity index (χ4v) is 2.78. The highest BCUT2D eigenvalue weighted by Crippen LogP contribution is 2.23. The van der Waals surface area contributed by atoms with E-state index in [4.69, 9.17) is 10.3 Å². The number of Topliss-reactive ketones (excluding diaryl/α,β-unsaturated/α-hetero) is 1. The van der Waals surface area contributed by atoms with Crippen molar-refractivity contribution < 1.29 is 18.9 Å². The molecule has 28 heavy (non-hydrogen) atoms. The van der Waals surface area contributed by atoms with Gasteiger partial charge in [0.2, 0.25) is 5.78 Å². The summed E-state index contributed by atoms with van der Waals surface area (Å²) in [6, 6.07) is 13.1. The highest BCUT2D eigenvalue weighted by molar-refractivity contribution is 6.38. The Kier molecular flexibility index (Phi) is 5.59. The van der Waals surface area contributed by atoms with E-state index in [1.165, 1.54) is 0 Å². The van der Waals surface area contributed by atoms with Gasteiger partial charge >= 0.3 is 0 Å². The summed E-state index contributed by atoms with van der Waals surface area (Å²) < 4.78 is 5.15. The van der Waals surface area contributed by atoms with Gasteiger partial charge in [-0.2, -0.15) is 0 Å². The third kappa shape index (κ3) is 4.12. The second kappa shape index (κ2) is 8.26. The predicted octanol–water partition coefficient (Wildman–Crippen LogP) is 1.44. The van der Waals surface area contributed by atoms with Gasteiger partial charge in [0, 0.05) is 12.6 Å². The molecule has 3 aromatic rings. The number of hydrogen-bond donors (Lipinski definition) is 2. The fraction of sp³-hybridized carbons (Fsp3) is 0.150. The van der Waals surface area contributed by atoms with Gasteiger partial charge in [-0.25, -0.2) is 0 Å². The zero-order valence-corrected chi connectivity index (χ0v) is 15.1. The molecule has 1 atom stereocenters. The molecule has 0 aliphatic carbocycles. The summed E-state index contributed by atoms with van der Waals surface area (Å²) in [7, 11) is 0. The molecule has 142 valence electrons. The Morgan fingerprint density at radius 1 is 1.11 bits per heavy atom. The third-order valence-electron chi connectivity index (χ3n) is 4.14. The molecule has 0 saturated carbocycles. The van der Waals surface area contributed by atoms with Crippen LogP contribution >= 0.6 is 0 Å². The Hall–Kier alpha value is -3.81. The van der Waals surface area contributed by atoms with E-state index in [1.54, 1.807) is 55.6 Å². The van der Waals surface area contributed by atoms with E-state index in [0.29, 0.717) is 5.69 Å². The van der Waals surface area contributed by atoms with Crippen LogP contribution in [0.25, 0.3) is 11.4 Å². The topological polar surface area (TPSA) is 128 Å². The van der Waals surface area contributed by atoms with Gasteiger partial charge in [0.05, 0.1) is 5.69 Å². The molecule has 2 aromatic heterocycles. The van der Waals surface area contributed by atoms with Gasteiger partial charge in [-0.15, -0.1) is 0 Å². The van der Waals surface area contributed by atoms with Crippen molar-refractivity contribution in [3.8, 4) is 11.4 Å². The highest BCUT2D eigenvalue weighted by Gasteiger charge is 2.29. The number of aromatic nitrogens is 2. The van der Waals surface area contributed by atoms with E-state index in [0.717, 1.165) is 5.56 Å². The molecule has 0 saturated heterocycles. The number of hydrogen-bond acceptors (Lipinski definition) is 6. The Morgan fingerprint density at radius 2 is 1.82 bits per heavy atom. The SMILES string of the molecule is Cc1onc(-c2ccccn2)c1C(=O)NC(Cc1ccccc1)C(=O)C(N)=O. The van der Waals surface area contributed by atoms with Gasteiger partial charge in [-0.3, -0.25) is 19.4 Å². The van der Waals surface area contributed by atoms with E-state index < -0.39 is 23.6 Å². The fourth-order valence-electron chi connectivity index (χ4n) is 2.78. The van der Waals surface area contributed by atoms with E-state index in [2.05, 4.69) is 15.5 Å². The lowest BCUT2D eigenvalue weighted by atomic mass is 10.0. The van der Waals surface area contributed by atoms with Crippen LogP contribution in [0.1, 0.15) is 21.7 Å². The van der Waals surface area contributed by atoms with Crippen LogP contribution in [0.3, 0.4) is 0 Å². The smallest absolute Gasteiger partial charge is 0.287 e. The minimum atomic E-state index is -1.12. The lowest BCUT2D eigenvalue weighted by Crippen LogP contribution is -2.47. The third-order valence-corrected chi connectivity index (χ3v) is 4.14. The molecular weight excluding hydrogens is 360 g/mol. The Balaban J connectivity index is 1.89. The van der Waals surface area contributed by atoms with Crippen molar-refractivity contribution >= 4 is 17.6 Å². The Labute approximate surface area is 160 Å². The number of nitrogens with one attached hydrogen (secondary N) is 1. The molecule has 0 bridgehead atoms. The Morgan fingerprint density at radius 3 is 2.46 bits per heavy atom. The number of aryl methyl sites for hydroxylation is 1. The summed E-state index contributed by atoms with van der Waals surface area (Å²) in [6.07, 6.45) is 1.69. The number of primary amides is 1. The molecular formula is C20H18N4O4. The van der Waals surface area contributed by atoms with E-state index >= 15 is 0 Å². The lowest BCUT2D eigenvalue weighted by Gasteiger charge is -2.16. The van der Waals surface area contributed by atoms with Crippen LogP contribution < -0.4 is 11.1 Å². The van der Waals surface area contributed by atoms with Crippen LogP contribution in [0.5, 0.6) is 0 Å². The summed E-state index contributed by atoms with van der Waals surface area (Å²) in [5.74, 6) is -2.34. The second-order valence-electron chi connectivity index (χ2n) is 6.12. The van der Waals surface area contributed by atoms with Crippen LogP contribution in [0, 0.1) is 6.92 Å². The number of rotatable bonds is 7. The molecule has 0 spiro atoms. The standard InChI is InChI=1S/C20H18N4O4/c1-12-16(17(24-28-12)14-9-5-6-10-22-14)20(27)23-15(18(25)19(21)26)11-13-7-3-2-4-8-13/h2-10,15H,11H2,1H3,(H2,21,26)(H,23,27). The maximum atomic E-state index is 12.9. The lowest BCUT2D eigenvalue weighted by molar-refractivity contribution is -0.137. The number of pyridine rings is 1. The van der Waals surface area contributed by atoms with E-state index in [9.17, 15) is 14.4 Å². The van der Waals surface area contributed by atoms with Gasteiger partial charge in [0.15, 0.2) is 0 Å². The zero-order chi connectivity index (χ0) is 20.1. The molecule has 3 N–H and O–H groups in total. The maximum Gasteiger partial charge on any atom is 0.287 e. The number of carbonyl (C=O) groups excluding carboxylic acids is 3. The first-order valence-corrected chi connectivity index (χ1v) is 8.53. The molecule has 0 radical (unpaired) electrons. The number of benzene rings is 1. The van der Waals surface area contributed by atoms with Gasteiger partial charge < -0.3 is 15.6 Å². The normalized spacial score (nSPS) is 11.6. The maximum absolute atomic E-state index is 12.9. The van der Waals surface area contributed by atoms with E-state index in [-0.39, 0.29) is 23.4 Å². The van der Waals surface area contributed by atoms with Crippen LogP contribution in [0.4, 0.5) is 0 Å². The van der Waals surface area contributed by atoms with Crippen molar-refractivity contribution in [1.29, 1.82) is 0 Å². The molecule has 8 heteroatoms. The second-order valence-corrected chi connectivity index (χ2v) is 6.12. The van der Waals surface area contributed by atoms with Crippen LogP contribution in [-0.4, -0.2) is 33.8 Å². The number of amides is 2. The average Bonchev–Trinajstić information content (AvgIpc) is 3.10. The molecule has 2 heterocycles. The molecule has 0 aliphatic heterocycles. The minimum Gasteiger partial charge on any atom is -0.363 e. The Bertz CT molecular complexity index is 1000.